The second-order valence-electron chi connectivity index (χ2n) is 7.45. The van der Waals surface area contributed by atoms with E-state index in [1.165, 1.54) is 0 Å². The van der Waals surface area contributed by atoms with Gasteiger partial charge < -0.3 is 20.2 Å². The van der Waals surface area contributed by atoms with Gasteiger partial charge in [0.2, 0.25) is 5.91 Å². The standard InChI is InChI=1S/C20H27N3O4/c24-18(25)13-15-8-11-22(12-9-15)19(26)16-5-4-10-23(14-16)20(27)21-17-6-2-1-3-7-17/h1-3,6-7,15-16H,4-5,8-14H2,(H,21,27)(H,24,25). The van der Waals surface area contributed by atoms with Crippen LogP contribution in [-0.2, 0) is 9.59 Å². The highest BCUT2D eigenvalue weighted by atomic mass is 16.4. The number of para-hydroxylation sites is 1. The Morgan fingerprint density at radius 2 is 1.70 bits per heavy atom. The van der Waals surface area contributed by atoms with E-state index < -0.39 is 5.97 Å². The molecular formula is C20H27N3O4. The second kappa shape index (κ2) is 8.88. The summed E-state index contributed by atoms with van der Waals surface area (Å²) in [5.41, 5.74) is 0.747. The van der Waals surface area contributed by atoms with E-state index in [9.17, 15) is 14.4 Å². The summed E-state index contributed by atoms with van der Waals surface area (Å²) in [6, 6.07) is 9.14. The molecule has 0 saturated carbocycles. The number of carboxylic acid groups (broad SMARTS) is 1. The third-order valence-corrected chi connectivity index (χ3v) is 5.47. The van der Waals surface area contributed by atoms with Crippen LogP contribution in [0.1, 0.15) is 32.1 Å². The molecule has 146 valence electrons. The van der Waals surface area contributed by atoms with Gasteiger partial charge in [-0.05, 0) is 43.7 Å². The lowest BCUT2D eigenvalue weighted by molar-refractivity contribution is -0.140. The van der Waals surface area contributed by atoms with Gasteiger partial charge in [-0.25, -0.2) is 4.79 Å². The number of hydrogen-bond acceptors (Lipinski definition) is 3. The van der Waals surface area contributed by atoms with Crippen LogP contribution >= 0.6 is 0 Å². The van der Waals surface area contributed by atoms with Gasteiger partial charge in [0.15, 0.2) is 0 Å². The first-order valence-corrected chi connectivity index (χ1v) is 9.64. The van der Waals surface area contributed by atoms with E-state index in [2.05, 4.69) is 5.32 Å². The molecular weight excluding hydrogens is 346 g/mol. The summed E-state index contributed by atoms with van der Waals surface area (Å²) in [4.78, 5) is 39.8. The van der Waals surface area contributed by atoms with Gasteiger partial charge in [-0.2, -0.15) is 0 Å². The van der Waals surface area contributed by atoms with Crippen LogP contribution < -0.4 is 5.32 Å². The average Bonchev–Trinajstić information content (AvgIpc) is 2.68. The highest BCUT2D eigenvalue weighted by Crippen LogP contribution is 2.25. The van der Waals surface area contributed by atoms with Crippen molar-refractivity contribution in [1.29, 1.82) is 0 Å². The molecule has 2 aliphatic rings. The van der Waals surface area contributed by atoms with Crippen molar-refractivity contribution in [2.75, 3.05) is 31.5 Å². The van der Waals surface area contributed by atoms with Crippen molar-refractivity contribution in [2.24, 2.45) is 11.8 Å². The first-order chi connectivity index (χ1) is 13.0. The summed E-state index contributed by atoms with van der Waals surface area (Å²) in [6.07, 6.45) is 3.27. The molecule has 7 heteroatoms. The highest BCUT2D eigenvalue weighted by Gasteiger charge is 2.33. The number of aliphatic carboxylic acids is 1. The minimum Gasteiger partial charge on any atom is -0.481 e. The van der Waals surface area contributed by atoms with Crippen molar-refractivity contribution in [1.82, 2.24) is 9.80 Å². The van der Waals surface area contributed by atoms with Crippen LogP contribution in [0.15, 0.2) is 30.3 Å². The number of carbonyl (C=O) groups is 3. The van der Waals surface area contributed by atoms with Crippen molar-refractivity contribution >= 4 is 23.6 Å². The molecule has 1 atom stereocenters. The molecule has 0 aromatic heterocycles. The summed E-state index contributed by atoms with van der Waals surface area (Å²) >= 11 is 0. The van der Waals surface area contributed by atoms with E-state index in [0.717, 1.165) is 31.4 Å². The molecule has 1 unspecified atom stereocenters. The molecule has 3 rings (SSSR count). The number of hydrogen-bond donors (Lipinski definition) is 2. The number of carbonyl (C=O) groups excluding carboxylic acids is 2. The first-order valence-electron chi connectivity index (χ1n) is 9.64. The second-order valence-corrected chi connectivity index (χ2v) is 7.45. The smallest absolute Gasteiger partial charge is 0.321 e. The van der Waals surface area contributed by atoms with Crippen molar-refractivity contribution in [2.45, 2.75) is 32.1 Å². The largest absolute Gasteiger partial charge is 0.481 e. The molecule has 2 heterocycles. The Morgan fingerprint density at radius 1 is 1.00 bits per heavy atom. The Kier molecular flexibility index (Phi) is 6.32. The molecule has 1 aromatic carbocycles. The molecule has 1 aromatic rings. The predicted octanol–water partition coefficient (Wildman–Crippen LogP) is 2.64. The van der Waals surface area contributed by atoms with Crippen molar-refractivity contribution in [3.05, 3.63) is 30.3 Å². The van der Waals surface area contributed by atoms with E-state index in [0.29, 0.717) is 26.2 Å². The van der Waals surface area contributed by atoms with Crippen LogP contribution in [0.5, 0.6) is 0 Å². The molecule has 2 N–H and O–H groups in total. The van der Waals surface area contributed by atoms with Crippen LogP contribution in [-0.4, -0.2) is 59.0 Å². The number of urea groups is 1. The Bertz CT molecular complexity index is 671. The number of anilines is 1. The van der Waals surface area contributed by atoms with Gasteiger partial charge in [0.05, 0.1) is 5.92 Å². The van der Waals surface area contributed by atoms with Gasteiger partial charge >= 0.3 is 12.0 Å². The summed E-state index contributed by atoms with van der Waals surface area (Å²) in [5.74, 6) is -0.685. The number of amides is 3. The summed E-state index contributed by atoms with van der Waals surface area (Å²) in [5, 5.41) is 11.8. The SMILES string of the molecule is O=C(O)CC1CCN(C(=O)C2CCCN(C(=O)Nc3ccccc3)C2)CC1. The normalized spacial score (nSPS) is 21.0. The number of benzene rings is 1. The molecule has 0 bridgehead atoms. The molecule has 0 radical (unpaired) electrons. The zero-order chi connectivity index (χ0) is 19.2. The third-order valence-electron chi connectivity index (χ3n) is 5.47. The minimum atomic E-state index is -0.771. The van der Waals surface area contributed by atoms with Crippen molar-refractivity contribution < 1.29 is 19.5 Å². The van der Waals surface area contributed by atoms with E-state index in [1.54, 1.807) is 4.90 Å². The topological polar surface area (TPSA) is 90.0 Å². The first kappa shape index (κ1) is 19.2. The monoisotopic (exact) mass is 373 g/mol. The average molecular weight is 373 g/mol. The molecule has 2 saturated heterocycles. The van der Waals surface area contributed by atoms with E-state index in [4.69, 9.17) is 5.11 Å². The summed E-state index contributed by atoms with van der Waals surface area (Å²) < 4.78 is 0. The molecule has 27 heavy (non-hydrogen) atoms. The lowest BCUT2D eigenvalue weighted by Gasteiger charge is -2.37. The van der Waals surface area contributed by atoms with Crippen molar-refractivity contribution in [3.8, 4) is 0 Å². The molecule has 0 spiro atoms. The quantitative estimate of drug-likeness (QED) is 0.849. The Balaban J connectivity index is 1.51. The van der Waals surface area contributed by atoms with E-state index in [1.807, 2.05) is 35.2 Å². The fourth-order valence-electron chi connectivity index (χ4n) is 3.95. The molecule has 2 aliphatic heterocycles. The van der Waals surface area contributed by atoms with Crippen molar-refractivity contribution in [3.63, 3.8) is 0 Å². The van der Waals surface area contributed by atoms with Crippen LogP contribution in [0.25, 0.3) is 0 Å². The zero-order valence-corrected chi connectivity index (χ0v) is 15.5. The lowest BCUT2D eigenvalue weighted by Crippen LogP contribution is -2.49. The maximum absolute atomic E-state index is 12.9. The number of carboxylic acids is 1. The Morgan fingerprint density at radius 3 is 2.37 bits per heavy atom. The summed E-state index contributed by atoms with van der Waals surface area (Å²) in [6.45, 7) is 2.32. The van der Waals surface area contributed by atoms with Crippen LogP contribution in [0.2, 0.25) is 0 Å². The fourth-order valence-corrected chi connectivity index (χ4v) is 3.95. The molecule has 2 fully saturated rings. The number of nitrogens with zero attached hydrogens (tertiary/aromatic N) is 2. The van der Waals surface area contributed by atoms with Gasteiger partial charge in [-0.15, -0.1) is 0 Å². The molecule has 0 aliphatic carbocycles. The number of nitrogens with one attached hydrogen (secondary N) is 1. The Hall–Kier alpha value is -2.57. The third kappa shape index (κ3) is 5.21. The predicted molar refractivity (Wildman–Crippen MR) is 101 cm³/mol. The number of piperidine rings is 2. The van der Waals surface area contributed by atoms with Gasteiger partial charge in [0, 0.05) is 38.3 Å². The van der Waals surface area contributed by atoms with Gasteiger partial charge in [-0.1, -0.05) is 18.2 Å². The van der Waals surface area contributed by atoms with Crippen LogP contribution in [0.4, 0.5) is 10.5 Å². The van der Waals surface area contributed by atoms with Gasteiger partial charge in [0.1, 0.15) is 0 Å². The maximum Gasteiger partial charge on any atom is 0.321 e. The highest BCUT2D eigenvalue weighted by molar-refractivity contribution is 5.90. The molecule has 7 nitrogen and oxygen atoms in total. The van der Waals surface area contributed by atoms with Crippen LogP contribution in [0, 0.1) is 11.8 Å². The van der Waals surface area contributed by atoms with Gasteiger partial charge in [-0.3, -0.25) is 9.59 Å². The summed E-state index contributed by atoms with van der Waals surface area (Å²) in [7, 11) is 0. The number of rotatable bonds is 4. The van der Waals surface area contributed by atoms with E-state index >= 15 is 0 Å². The minimum absolute atomic E-state index is 0.0981. The number of likely N-dealkylation sites (tertiary alicyclic amines) is 2. The fraction of sp³-hybridized carbons (Fsp3) is 0.550. The zero-order valence-electron chi connectivity index (χ0n) is 15.5. The van der Waals surface area contributed by atoms with Crippen LogP contribution in [0.3, 0.4) is 0 Å². The Labute approximate surface area is 159 Å². The maximum atomic E-state index is 12.9. The van der Waals surface area contributed by atoms with Gasteiger partial charge in [0.25, 0.3) is 0 Å². The van der Waals surface area contributed by atoms with E-state index in [-0.39, 0.29) is 30.2 Å². The lowest BCUT2D eigenvalue weighted by atomic mass is 9.91. The molecule has 3 amide bonds.